The monoisotopic (exact) mass is 340 g/mol. The van der Waals surface area contributed by atoms with Crippen molar-refractivity contribution < 1.29 is 9.53 Å². The fourth-order valence-corrected chi connectivity index (χ4v) is 4.14. The SMILES string of the molecule is COC(=O)C1=C(C)NC(C)=C(c2ccccn2)C1c1cc(C)cs1. The molecule has 124 valence electrons. The second-order valence-electron chi connectivity index (χ2n) is 5.87. The zero-order chi connectivity index (χ0) is 17.3. The third-order valence-corrected chi connectivity index (χ3v) is 5.26. The Kier molecular flexibility index (Phi) is 4.53. The summed E-state index contributed by atoms with van der Waals surface area (Å²) in [5.74, 6) is -0.482. The zero-order valence-electron chi connectivity index (χ0n) is 14.2. The molecule has 0 saturated heterocycles. The van der Waals surface area contributed by atoms with E-state index in [-0.39, 0.29) is 11.9 Å². The predicted octanol–water partition coefficient (Wildman–Crippen LogP) is 4.02. The number of methoxy groups -OCH3 is 1. The van der Waals surface area contributed by atoms with E-state index in [2.05, 4.69) is 28.7 Å². The molecular weight excluding hydrogens is 320 g/mol. The average molecular weight is 340 g/mol. The molecule has 0 fully saturated rings. The van der Waals surface area contributed by atoms with E-state index in [4.69, 9.17) is 4.74 Å². The summed E-state index contributed by atoms with van der Waals surface area (Å²) in [5, 5.41) is 5.43. The van der Waals surface area contributed by atoms with Crippen molar-refractivity contribution in [2.45, 2.75) is 26.7 Å². The van der Waals surface area contributed by atoms with Crippen LogP contribution in [-0.2, 0) is 9.53 Å². The highest BCUT2D eigenvalue weighted by atomic mass is 32.1. The first kappa shape index (κ1) is 16.5. The third kappa shape index (κ3) is 2.87. The van der Waals surface area contributed by atoms with Crippen LogP contribution in [0.4, 0.5) is 0 Å². The van der Waals surface area contributed by atoms with Gasteiger partial charge >= 0.3 is 5.97 Å². The molecule has 5 heteroatoms. The maximum absolute atomic E-state index is 12.5. The topological polar surface area (TPSA) is 51.2 Å². The molecule has 1 N–H and O–H groups in total. The number of dihydropyridines is 1. The van der Waals surface area contributed by atoms with Gasteiger partial charge in [-0.05, 0) is 49.9 Å². The van der Waals surface area contributed by atoms with Crippen LogP contribution in [-0.4, -0.2) is 18.1 Å². The van der Waals surface area contributed by atoms with Crippen LogP contribution in [0.3, 0.4) is 0 Å². The maximum atomic E-state index is 12.5. The highest BCUT2D eigenvalue weighted by Gasteiger charge is 2.35. The van der Waals surface area contributed by atoms with E-state index in [0.29, 0.717) is 5.57 Å². The van der Waals surface area contributed by atoms with Crippen molar-refractivity contribution in [1.82, 2.24) is 10.3 Å². The van der Waals surface area contributed by atoms with E-state index in [0.717, 1.165) is 27.5 Å². The lowest BCUT2D eigenvalue weighted by molar-refractivity contribution is -0.136. The number of ether oxygens (including phenoxy) is 1. The standard InChI is InChI=1S/C19H20N2O2S/c1-11-9-15(24-10-11)18-16(14-7-5-6-8-20-14)12(2)21-13(3)17(18)19(22)23-4/h5-10,18,21H,1-4H3. The number of carbonyl (C=O) groups is 1. The van der Waals surface area contributed by atoms with Gasteiger partial charge in [-0.2, -0.15) is 0 Å². The molecular formula is C19H20N2O2S. The Labute approximate surface area is 145 Å². The molecule has 1 aliphatic heterocycles. The van der Waals surface area contributed by atoms with Gasteiger partial charge in [0.15, 0.2) is 0 Å². The molecule has 0 aromatic carbocycles. The minimum absolute atomic E-state index is 0.174. The van der Waals surface area contributed by atoms with Crippen LogP contribution in [0.5, 0.6) is 0 Å². The number of hydrogen-bond acceptors (Lipinski definition) is 5. The van der Waals surface area contributed by atoms with Gasteiger partial charge in [-0.15, -0.1) is 11.3 Å². The summed E-state index contributed by atoms with van der Waals surface area (Å²) in [5.41, 5.74) is 5.56. The molecule has 0 bridgehead atoms. The minimum Gasteiger partial charge on any atom is -0.466 e. The summed E-state index contributed by atoms with van der Waals surface area (Å²) in [7, 11) is 1.42. The van der Waals surface area contributed by atoms with E-state index in [1.54, 1.807) is 17.5 Å². The number of aryl methyl sites for hydroxylation is 1. The molecule has 0 radical (unpaired) electrons. The van der Waals surface area contributed by atoms with Crippen molar-refractivity contribution in [2.75, 3.05) is 7.11 Å². The number of hydrogen-bond donors (Lipinski definition) is 1. The second kappa shape index (κ2) is 6.61. The third-order valence-electron chi connectivity index (χ3n) is 4.14. The lowest BCUT2D eigenvalue weighted by Gasteiger charge is -2.30. The van der Waals surface area contributed by atoms with Gasteiger partial charge in [0.05, 0.1) is 24.3 Å². The molecule has 2 aromatic rings. The molecule has 0 spiro atoms. The van der Waals surface area contributed by atoms with Crippen molar-refractivity contribution in [1.29, 1.82) is 0 Å². The largest absolute Gasteiger partial charge is 0.466 e. The fourth-order valence-electron chi connectivity index (χ4n) is 3.13. The highest BCUT2D eigenvalue weighted by molar-refractivity contribution is 7.10. The van der Waals surface area contributed by atoms with E-state index < -0.39 is 0 Å². The molecule has 3 rings (SSSR count). The number of pyridine rings is 1. The van der Waals surface area contributed by atoms with Crippen LogP contribution in [0.15, 0.2) is 52.8 Å². The van der Waals surface area contributed by atoms with Gasteiger partial charge in [-0.3, -0.25) is 4.98 Å². The van der Waals surface area contributed by atoms with E-state index in [1.807, 2.05) is 32.0 Å². The number of allylic oxidation sites excluding steroid dienone is 3. The summed E-state index contributed by atoms with van der Waals surface area (Å²) in [6, 6.07) is 7.96. The highest BCUT2D eigenvalue weighted by Crippen LogP contribution is 2.44. The summed E-state index contributed by atoms with van der Waals surface area (Å²) in [6.07, 6.45) is 1.77. The zero-order valence-corrected chi connectivity index (χ0v) is 15.0. The smallest absolute Gasteiger partial charge is 0.336 e. The summed E-state index contributed by atoms with van der Waals surface area (Å²) >= 11 is 1.66. The van der Waals surface area contributed by atoms with Crippen LogP contribution in [0.2, 0.25) is 0 Å². The molecule has 1 unspecified atom stereocenters. The number of esters is 1. The van der Waals surface area contributed by atoms with E-state index >= 15 is 0 Å². The molecule has 0 aliphatic carbocycles. The Morgan fingerprint density at radius 1 is 1.25 bits per heavy atom. The molecule has 3 heterocycles. The fraction of sp³-hybridized carbons (Fsp3) is 0.263. The van der Waals surface area contributed by atoms with Gasteiger partial charge in [0.2, 0.25) is 0 Å². The lowest BCUT2D eigenvalue weighted by atomic mass is 9.82. The molecule has 24 heavy (non-hydrogen) atoms. The van der Waals surface area contributed by atoms with Gasteiger partial charge in [0.25, 0.3) is 0 Å². The van der Waals surface area contributed by atoms with Crippen LogP contribution < -0.4 is 5.32 Å². The van der Waals surface area contributed by atoms with Gasteiger partial charge in [-0.25, -0.2) is 4.79 Å². The average Bonchev–Trinajstić information content (AvgIpc) is 3.00. The van der Waals surface area contributed by atoms with E-state index in [9.17, 15) is 4.79 Å². The van der Waals surface area contributed by atoms with Crippen LogP contribution >= 0.6 is 11.3 Å². The van der Waals surface area contributed by atoms with Gasteiger partial charge in [0, 0.05) is 28.0 Å². The number of aromatic nitrogens is 1. The molecule has 1 aliphatic rings. The van der Waals surface area contributed by atoms with Crippen molar-refractivity contribution in [3.63, 3.8) is 0 Å². The minimum atomic E-state index is -0.308. The second-order valence-corrected chi connectivity index (χ2v) is 6.81. The van der Waals surface area contributed by atoms with Gasteiger partial charge in [-0.1, -0.05) is 6.07 Å². The van der Waals surface area contributed by atoms with Crippen LogP contribution in [0.25, 0.3) is 5.57 Å². The molecule has 1 atom stereocenters. The Bertz CT molecular complexity index is 834. The molecule has 4 nitrogen and oxygen atoms in total. The van der Waals surface area contributed by atoms with Crippen LogP contribution in [0.1, 0.15) is 35.9 Å². The molecule has 0 amide bonds. The Balaban J connectivity index is 2.22. The Hall–Kier alpha value is -2.40. The first-order valence-electron chi connectivity index (χ1n) is 7.76. The Morgan fingerprint density at radius 2 is 2.04 bits per heavy atom. The first-order chi connectivity index (χ1) is 11.5. The number of nitrogens with one attached hydrogen (secondary N) is 1. The number of rotatable bonds is 3. The normalized spacial score (nSPS) is 17.8. The maximum Gasteiger partial charge on any atom is 0.336 e. The van der Waals surface area contributed by atoms with Crippen molar-refractivity contribution in [3.8, 4) is 0 Å². The van der Waals surface area contributed by atoms with Gasteiger partial charge < -0.3 is 10.1 Å². The van der Waals surface area contributed by atoms with E-state index in [1.165, 1.54) is 12.7 Å². The summed E-state index contributed by atoms with van der Waals surface area (Å²) in [4.78, 5) is 18.1. The van der Waals surface area contributed by atoms with Gasteiger partial charge in [0.1, 0.15) is 0 Å². The van der Waals surface area contributed by atoms with Crippen molar-refractivity contribution in [2.24, 2.45) is 0 Å². The lowest BCUT2D eigenvalue weighted by Crippen LogP contribution is -2.28. The Morgan fingerprint density at radius 3 is 2.62 bits per heavy atom. The summed E-state index contributed by atoms with van der Waals surface area (Å²) < 4.78 is 5.06. The number of thiophene rings is 1. The summed E-state index contributed by atoms with van der Waals surface area (Å²) in [6.45, 7) is 6.00. The predicted molar refractivity (Wildman–Crippen MR) is 96.5 cm³/mol. The number of nitrogens with zero attached hydrogens (tertiary/aromatic N) is 1. The number of carbonyl (C=O) groups excluding carboxylic acids is 1. The van der Waals surface area contributed by atoms with Crippen molar-refractivity contribution >= 4 is 22.9 Å². The molecule has 2 aromatic heterocycles. The molecule has 0 saturated carbocycles. The quantitative estimate of drug-likeness (QED) is 0.858. The van der Waals surface area contributed by atoms with Crippen LogP contribution in [0, 0.1) is 6.92 Å². The first-order valence-corrected chi connectivity index (χ1v) is 8.64. The van der Waals surface area contributed by atoms with Crippen molar-refractivity contribution in [3.05, 3.63) is 68.9 Å².